The van der Waals surface area contributed by atoms with Gasteiger partial charge in [-0.25, -0.2) is 4.98 Å². The van der Waals surface area contributed by atoms with Gasteiger partial charge in [-0.15, -0.1) is 0 Å². The maximum absolute atomic E-state index is 12.8. The van der Waals surface area contributed by atoms with Crippen molar-refractivity contribution in [2.24, 2.45) is 18.9 Å². The van der Waals surface area contributed by atoms with Gasteiger partial charge >= 0.3 is 0 Å². The maximum atomic E-state index is 12.8. The number of hydrogen-bond acceptors (Lipinski definition) is 3. The van der Waals surface area contributed by atoms with Crippen LogP contribution in [-0.4, -0.2) is 38.7 Å². The number of amides is 1. The normalized spacial score (nSPS) is 21.5. The van der Waals surface area contributed by atoms with Gasteiger partial charge in [0.25, 0.3) is 5.56 Å². The average molecular weight is 330 g/mol. The van der Waals surface area contributed by atoms with Crippen molar-refractivity contribution in [2.45, 2.75) is 40.5 Å². The summed E-state index contributed by atoms with van der Waals surface area (Å²) in [5.41, 5.74) is 3.06. The number of H-pyrrole nitrogens is 1. The highest BCUT2D eigenvalue weighted by Gasteiger charge is 2.26. The minimum absolute atomic E-state index is 0.0936. The third-order valence-electron chi connectivity index (χ3n) is 5.12. The monoisotopic (exact) mass is 330 g/mol. The lowest BCUT2D eigenvalue weighted by Gasteiger charge is -2.35. The first-order valence-electron chi connectivity index (χ1n) is 8.60. The van der Waals surface area contributed by atoms with Crippen LogP contribution >= 0.6 is 0 Å². The van der Waals surface area contributed by atoms with E-state index < -0.39 is 0 Å². The Morgan fingerprint density at radius 2 is 1.88 bits per heavy atom. The van der Waals surface area contributed by atoms with Crippen LogP contribution in [0.1, 0.15) is 37.1 Å². The molecule has 1 aliphatic heterocycles. The van der Waals surface area contributed by atoms with Crippen LogP contribution in [0, 0.1) is 25.7 Å². The molecule has 2 atom stereocenters. The predicted octanol–water partition coefficient (Wildman–Crippen LogP) is 1.93. The number of pyridine rings is 1. The molecule has 0 saturated carbocycles. The van der Waals surface area contributed by atoms with Crippen LogP contribution in [0.25, 0.3) is 11.0 Å². The summed E-state index contributed by atoms with van der Waals surface area (Å²) >= 11 is 0. The molecule has 0 aromatic carbocycles. The molecule has 1 fully saturated rings. The minimum atomic E-state index is -0.0936. The fraction of sp³-hybridized carbons (Fsp3) is 0.611. The van der Waals surface area contributed by atoms with E-state index in [1.54, 1.807) is 7.05 Å². The molecular weight excluding hydrogens is 304 g/mol. The molecule has 0 radical (unpaired) electrons. The average Bonchev–Trinajstić information content (AvgIpc) is 2.77. The SMILES string of the molecule is Cc1nc2[nH]n(C)c(=O)c2c(C)c1CC(=O)N1C[C@@H](C)C[C@H](C)C1. The van der Waals surface area contributed by atoms with Crippen LogP contribution in [0.5, 0.6) is 0 Å². The summed E-state index contributed by atoms with van der Waals surface area (Å²) < 4.78 is 1.43. The Bertz CT molecular complexity index is 839. The number of piperidine rings is 1. The highest BCUT2D eigenvalue weighted by molar-refractivity contribution is 5.84. The zero-order valence-corrected chi connectivity index (χ0v) is 15.1. The van der Waals surface area contributed by atoms with E-state index in [9.17, 15) is 9.59 Å². The van der Waals surface area contributed by atoms with Gasteiger partial charge in [0.05, 0.1) is 11.8 Å². The van der Waals surface area contributed by atoms with Gasteiger partial charge in [0, 0.05) is 25.8 Å². The van der Waals surface area contributed by atoms with E-state index in [2.05, 4.69) is 23.9 Å². The van der Waals surface area contributed by atoms with Gasteiger partial charge < -0.3 is 4.90 Å². The Labute approximate surface area is 141 Å². The molecule has 6 heteroatoms. The quantitative estimate of drug-likeness (QED) is 0.914. The van der Waals surface area contributed by atoms with Gasteiger partial charge in [-0.3, -0.25) is 19.4 Å². The van der Waals surface area contributed by atoms with Crippen molar-refractivity contribution in [3.05, 3.63) is 27.2 Å². The molecule has 3 heterocycles. The zero-order valence-electron chi connectivity index (χ0n) is 15.1. The van der Waals surface area contributed by atoms with Gasteiger partial charge in [0.2, 0.25) is 5.91 Å². The topological polar surface area (TPSA) is 71.0 Å². The summed E-state index contributed by atoms with van der Waals surface area (Å²) in [5.74, 6) is 1.21. The highest BCUT2D eigenvalue weighted by Crippen LogP contribution is 2.24. The van der Waals surface area contributed by atoms with Gasteiger partial charge in [-0.2, -0.15) is 0 Å². The van der Waals surface area contributed by atoms with E-state index in [4.69, 9.17) is 0 Å². The first kappa shape index (κ1) is 16.7. The standard InChI is InChI=1S/C18H26N4O2/c1-10-6-11(2)9-22(8-10)15(23)7-14-12(3)16-17(19-13(14)4)20-21(5)18(16)24/h10-11H,6-9H2,1-5H3,(H,19,20)/t10-,11-/m0/s1. The van der Waals surface area contributed by atoms with Crippen molar-refractivity contribution >= 4 is 16.9 Å². The number of aromatic amines is 1. The largest absolute Gasteiger partial charge is 0.342 e. The number of aryl methyl sites for hydroxylation is 3. The molecule has 1 amide bonds. The molecule has 0 spiro atoms. The van der Waals surface area contributed by atoms with E-state index in [0.29, 0.717) is 29.3 Å². The van der Waals surface area contributed by atoms with Crippen LogP contribution in [0.2, 0.25) is 0 Å². The molecule has 130 valence electrons. The number of nitrogens with one attached hydrogen (secondary N) is 1. The number of hydrogen-bond donors (Lipinski definition) is 1. The zero-order chi connectivity index (χ0) is 17.6. The molecule has 1 saturated heterocycles. The summed E-state index contributed by atoms with van der Waals surface area (Å²) in [7, 11) is 1.68. The Hall–Kier alpha value is -2.11. The van der Waals surface area contributed by atoms with Crippen molar-refractivity contribution in [3.63, 3.8) is 0 Å². The lowest BCUT2D eigenvalue weighted by Crippen LogP contribution is -2.43. The molecule has 24 heavy (non-hydrogen) atoms. The molecule has 1 aliphatic rings. The van der Waals surface area contributed by atoms with Crippen LogP contribution in [0.15, 0.2) is 4.79 Å². The number of nitrogens with zero attached hydrogens (tertiary/aromatic N) is 3. The molecule has 0 bridgehead atoms. The maximum Gasteiger partial charge on any atom is 0.276 e. The summed E-state index contributed by atoms with van der Waals surface area (Å²) in [6.07, 6.45) is 1.49. The van der Waals surface area contributed by atoms with Crippen LogP contribution in [0.4, 0.5) is 0 Å². The smallest absolute Gasteiger partial charge is 0.276 e. The Kier molecular flexibility index (Phi) is 4.24. The summed E-state index contributed by atoms with van der Waals surface area (Å²) in [6.45, 7) is 9.86. The number of likely N-dealkylation sites (tertiary alicyclic amines) is 1. The second kappa shape index (κ2) is 6.07. The van der Waals surface area contributed by atoms with Crippen LogP contribution in [0.3, 0.4) is 0 Å². The van der Waals surface area contributed by atoms with Crippen molar-refractivity contribution in [2.75, 3.05) is 13.1 Å². The number of aromatic nitrogens is 3. The van der Waals surface area contributed by atoms with Crippen molar-refractivity contribution in [3.8, 4) is 0 Å². The third-order valence-corrected chi connectivity index (χ3v) is 5.12. The van der Waals surface area contributed by atoms with Crippen LogP contribution in [-0.2, 0) is 18.3 Å². The van der Waals surface area contributed by atoms with E-state index in [1.807, 2.05) is 18.7 Å². The summed E-state index contributed by atoms with van der Waals surface area (Å²) in [4.78, 5) is 31.5. The van der Waals surface area contributed by atoms with Gasteiger partial charge in [0.15, 0.2) is 5.65 Å². The third kappa shape index (κ3) is 2.85. The fourth-order valence-corrected chi connectivity index (χ4v) is 4.00. The molecule has 1 N–H and O–H groups in total. The predicted molar refractivity (Wildman–Crippen MR) is 94.0 cm³/mol. The van der Waals surface area contributed by atoms with Gasteiger partial charge in [-0.05, 0) is 43.2 Å². The Balaban J connectivity index is 1.93. The molecule has 0 unspecified atom stereocenters. The van der Waals surface area contributed by atoms with E-state index in [1.165, 1.54) is 11.1 Å². The molecule has 2 aromatic rings. The number of fused-ring (bicyclic) bond motifs is 1. The second-order valence-electron chi connectivity index (χ2n) is 7.42. The number of carbonyl (C=O) groups is 1. The Morgan fingerprint density at radius 3 is 2.50 bits per heavy atom. The molecule has 3 rings (SSSR count). The second-order valence-corrected chi connectivity index (χ2v) is 7.42. The molecule has 0 aliphatic carbocycles. The lowest BCUT2D eigenvalue weighted by atomic mass is 9.91. The lowest BCUT2D eigenvalue weighted by molar-refractivity contribution is -0.133. The molecule has 6 nitrogen and oxygen atoms in total. The van der Waals surface area contributed by atoms with Gasteiger partial charge in [0.1, 0.15) is 0 Å². The first-order chi connectivity index (χ1) is 11.3. The van der Waals surface area contributed by atoms with E-state index in [0.717, 1.165) is 29.9 Å². The van der Waals surface area contributed by atoms with E-state index >= 15 is 0 Å². The number of carbonyl (C=O) groups excluding carboxylic acids is 1. The van der Waals surface area contributed by atoms with Crippen molar-refractivity contribution < 1.29 is 4.79 Å². The van der Waals surface area contributed by atoms with E-state index in [-0.39, 0.29) is 11.5 Å². The first-order valence-corrected chi connectivity index (χ1v) is 8.60. The van der Waals surface area contributed by atoms with Crippen molar-refractivity contribution in [1.82, 2.24) is 19.7 Å². The minimum Gasteiger partial charge on any atom is -0.342 e. The fourth-order valence-electron chi connectivity index (χ4n) is 4.00. The summed E-state index contributed by atoms with van der Waals surface area (Å²) in [6, 6.07) is 0. The summed E-state index contributed by atoms with van der Waals surface area (Å²) in [5, 5.41) is 3.55. The highest BCUT2D eigenvalue weighted by atomic mass is 16.2. The number of rotatable bonds is 2. The van der Waals surface area contributed by atoms with Gasteiger partial charge in [-0.1, -0.05) is 13.8 Å². The van der Waals surface area contributed by atoms with Crippen LogP contribution < -0.4 is 5.56 Å². The molecular formula is C18H26N4O2. The molecule has 2 aromatic heterocycles. The Morgan fingerprint density at radius 1 is 1.25 bits per heavy atom. The van der Waals surface area contributed by atoms with Crippen molar-refractivity contribution in [1.29, 1.82) is 0 Å².